The zero-order valence-electron chi connectivity index (χ0n) is 25.1. The summed E-state index contributed by atoms with van der Waals surface area (Å²) < 4.78 is 55.9. The predicted octanol–water partition coefficient (Wildman–Crippen LogP) is 7.89. The zero-order chi connectivity index (χ0) is 32.1. The van der Waals surface area contributed by atoms with Crippen molar-refractivity contribution in [1.29, 1.82) is 0 Å². The number of fused-ring (bicyclic) bond motifs is 1. The lowest BCUT2D eigenvalue weighted by Gasteiger charge is -2.14. The van der Waals surface area contributed by atoms with Crippen LogP contribution in [-0.4, -0.2) is 48.1 Å². The fourth-order valence-electron chi connectivity index (χ4n) is 4.42. The molecule has 45 heavy (non-hydrogen) atoms. The molecule has 236 valence electrons. The summed E-state index contributed by atoms with van der Waals surface area (Å²) in [5.41, 5.74) is 3.62. The van der Waals surface area contributed by atoms with Gasteiger partial charge in [-0.1, -0.05) is 12.1 Å². The van der Waals surface area contributed by atoms with Gasteiger partial charge in [0.05, 0.1) is 40.4 Å². The minimum atomic E-state index is -3.19. The Labute approximate surface area is 273 Å². The Morgan fingerprint density at radius 3 is 2.60 bits per heavy atom. The molecule has 0 saturated carbocycles. The number of benzene rings is 3. The number of methoxy groups -OCH3 is 1. The van der Waals surface area contributed by atoms with Crippen molar-refractivity contribution in [2.75, 3.05) is 24.8 Å². The van der Waals surface area contributed by atoms with Gasteiger partial charge in [-0.15, -0.1) is 11.3 Å². The quantitative estimate of drug-likeness (QED) is 0.130. The molecule has 0 aliphatic rings. The van der Waals surface area contributed by atoms with Gasteiger partial charge in [-0.2, -0.15) is 0 Å². The van der Waals surface area contributed by atoms with Gasteiger partial charge in [0.1, 0.15) is 47.2 Å². The number of sulfone groups is 1. The Morgan fingerprint density at radius 2 is 1.87 bits per heavy atom. The molecule has 0 bridgehead atoms. The maximum atomic E-state index is 13.5. The molecule has 0 aliphatic heterocycles. The van der Waals surface area contributed by atoms with Gasteiger partial charge in [-0.25, -0.2) is 27.8 Å². The van der Waals surface area contributed by atoms with Gasteiger partial charge in [-0.3, -0.25) is 0 Å². The van der Waals surface area contributed by atoms with E-state index in [2.05, 4.69) is 31.2 Å². The Balaban J connectivity index is 1.35. The second-order valence-corrected chi connectivity index (χ2v) is 14.9. The van der Waals surface area contributed by atoms with E-state index < -0.39 is 15.1 Å². The van der Waals surface area contributed by atoms with Crippen molar-refractivity contribution < 1.29 is 27.0 Å². The van der Waals surface area contributed by atoms with Crippen LogP contribution in [0.5, 0.6) is 11.5 Å². The number of nitrogens with zero attached hydrogens (tertiary/aromatic N) is 3. The molecule has 2 heterocycles. The molecule has 9 nitrogen and oxygen atoms in total. The number of ether oxygens (including phenoxy) is 3. The summed E-state index contributed by atoms with van der Waals surface area (Å²) in [6.45, 7) is 5.51. The normalized spacial score (nSPS) is 12.4. The van der Waals surface area contributed by atoms with Crippen molar-refractivity contribution in [3.8, 4) is 22.8 Å². The summed E-state index contributed by atoms with van der Waals surface area (Å²) in [4.78, 5) is 13.7. The lowest BCUT2D eigenvalue weighted by atomic mass is 10.1. The highest BCUT2D eigenvalue weighted by atomic mass is 79.9. The molecule has 2 aromatic heterocycles. The fraction of sp³-hybridized carbons (Fsp3) is 0.281. The van der Waals surface area contributed by atoms with Crippen LogP contribution in [0.3, 0.4) is 0 Å². The molecule has 3 aromatic carbocycles. The van der Waals surface area contributed by atoms with Crippen LogP contribution in [0, 0.1) is 5.82 Å². The molecule has 0 aliphatic carbocycles. The van der Waals surface area contributed by atoms with E-state index in [-0.39, 0.29) is 30.9 Å². The maximum absolute atomic E-state index is 13.5. The standard InChI is InChI=1S/C32H32BrFN4O5S2/c1-19(2)45(39,40)11-10-42-20(3)32-38-28(17-44-32)24-14-25-27(15-30(24)41-4)35-18-36-31(25)37-23-8-9-29(26(33)13-23)43-16-21-6-5-7-22(34)12-21/h5-9,12-15,17-20H,10-11,16H2,1-4H3,(H,35,36,37). The zero-order valence-corrected chi connectivity index (χ0v) is 28.3. The monoisotopic (exact) mass is 714 g/mol. The van der Waals surface area contributed by atoms with E-state index in [0.29, 0.717) is 28.5 Å². The SMILES string of the molecule is COc1cc2ncnc(Nc3ccc(OCc4cccc(F)c4)c(Br)c3)c2cc1-c1csc(C(C)OCCS(=O)(=O)C(C)C)n1. The third kappa shape index (κ3) is 7.96. The van der Waals surface area contributed by atoms with Gasteiger partial charge >= 0.3 is 0 Å². The summed E-state index contributed by atoms with van der Waals surface area (Å²) in [6.07, 6.45) is 1.10. The van der Waals surface area contributed by atoms with E-state index in [9.17, 15) is 12.8 Å². The van der Waals surface area contributed by atoms with Crippen molar-refractivity contribution >= 4 is 59.5 Å². The van der Waals surface area contributed by atoms with Crippen molar-refractivity contribution in [3.05, 3.63) is 87.2 Å². The fourth-order valence-corrected chi connectivity index (χ4v) is 6.53. The molecule has 0 fully saturated rings. The van der Waals surface area contributed by atoms with Gasteiger partial charge in [0.25, 0.3) is 0 Å². The van der Waals surface area contributed by atoms with Crippen LogP contribution in [0.4, 0.5) is 15.9 Å². The first-order valence-electron chi connectivity index (χ1n) is 14.1. The third-order valence-corrected chi connectivity index (χ3v) is 10.8. The predicted molar refractivity (Wildman–Crippen MR) is 179 cm³/mol. The molecule has 0 radical (unpaired) electrons. The van der Waals surface area contributed by atoms with E-state index in [4.69, 9.17) is 19.2 Å². The molecular weight excluding hydrogens is 683 g/mol. The first-order valence-corrected chi connectivity index (χ1v) is 17.5. The second kappa shape index (κ2) is 14.2. The lowest BCUT2D eigenvalue weighted by molar-refractivity contribution is 0.0775. The van der Waals surface area contributed by atoms with Gasteiger partial charge in [0.15, 0.2) is 9.84 Å². The van der Waals surface area contributed by atoms with Gasteiger partial charge in [0, 0.05) is 28.1 Å². The van der Waals surface area contributed by atoms with Crippen LogP contribution in [0.25, 0.3) is 22.2 Å². The number of hydrogen-bond acceptors (Lipinski definition) is 10. The average molecular weight is 716 g/mol. The average Bonchev–Trinajstić information content (AvgIpc) is 3.50. The van der Waals surface area contributed by atoms with E-state index >= 15 is 0 Å². The smallest absolute Gasteiger partial charge is 0.154 e. The number of aromatic nitrogens is 3. The Bertz CT molecular complexity index is 1920. The van der Waals surface area contributed by atoms with Crippen molar-refractivity contribution in [2.45, 2.75) is 38.7 Å². The van der Waals surface area contributed by atoms with Gasteiger partial charge in [-0.05, 0) is 78.7 Å². The topological polar surface area (TPSA) is 113 Å². The Hall–Kier alpha value is -3.65. The molecular formula is C32H32BrFN4O5S2. The van der Waals surface area contributed by atoms with Crippen molar-refractivity contribution in [2.24, 2.45) is 0 Å². The molecule has 5 aromatic rings. The highest BCUT2D eigenvalue weighted by molar-refractivity contribution is 9.10. The summed E-state index contributed by atoms with van der Waals surface area (Å²) in [5.74, 6) is 1.45. The van der Waals surface area contributed by atoms with Crippen LogP contribution >= 0.6 is 27.3 Å². The van der Waals surface area contributed by atoms with E-state index in [1.165, 1.54) is 29.8 Å². The number of halogens is 2. The molecule has 0 amide bonds. The molecule has 1 atom stereocenters. The second-order valence-electron chi connectivity index (χ2n) is 10.5. The van der Waals surface area contributed by atoms with Crippen molar-refractivity contribution in [3.63, 3.8) is 0 Å². The largest absolute Gasteiger partial charge is 0.496 e. The van der Waals surface area contributed by atoms with Gasteiger partial charge in [0.2, 0.25) is 0 Å². The van der Waals surface area contributed by atoms with Crippen LogP contribution in [0.1, 0.15) is 37.4 Å². The number of thiazole rings is 1. The summed E-state index contributed by atoms with van der Waals surface area (Å²) in [6, 6.07) is 15.6. The van der Waals surface area contributed by atoms with E-state index in [1.54, 1.807) is 33.1 Å². The number of rotatable bonds is 13. The first-order chi connectivity index (χ1) is 21.5. The highest BCUT2D eigenvalue weighted by Crippen LogP contribution is 2.38. The summed E-state index contributed by atoms with van der Waals surface area (Å²) in [5, 5.41) is 6.32. The molecule has 5 rings (SSSR count). The van der Waals surface area contributed by atoms with E-state index in [0.717, 1.165) is 31.7 Å². The number of hydrogen-bond donors (Lipinski definition) is 1. The first kappa shape index (κ1) is 32.7. The molecule has 13 heteroatoms. The van der Waals surface area contributed by atoms with E-state index in [1.807, 2.05) is 42.6 Å². The lowest BCUT2D eigenvalue weighted by Crippen LogP contribution is -2.21. The Morgan fingerprint density at radius 1 is 1.04 bits per heavy atom. The number of nitrogens with one attached hydrogen (secondary N) is 1. The van der Waals surface area contributed by atoms with Crippen LogP contribution < -0.4 is 14.8 Å². The minimum Gasteiger partial charge on any atom is -0.496 e. The minimum absolute atomic E-state index is 0.0389. The van der Waals surface area contributed by atoms with Crippen LogP contribution in [0.2, 0.25) is 0 Å². The Kier molecular flexibility index (Phi) is 10.3. The van der Waals surface area contributed by atoms with Crippen molar-refractivity contribution in [1.82, 2.24) is 15.0 Å². The van der Waals surface area contributed by atoms with Gasteiger partial charge < -0.3 is 19.5 Å². The maximum Gasteiger partial charge on any atom is 0.154 e. The highest BCUT2D eigenvalue weighted by Gasteiger charge is 2.20. The summed E-state index contributed by atoms with van der Waals surface area (Å²) >= 11 is 5.00. The third-order valence-electron chi connectivity index (χ3n) is 7.03. The van der Waals surface area contributed by atoms with Crippen LogP contribution in [0.15, 0.2) is 70.8 Å². The summed E-state index contributed by atoms with van der Waals surface area (Å²) in [7, 11) is -1.59. The number of anilines is 2. The molecule has 0 spiro atoms. The molecule has 1 unspecified atom stereocenters. The van der Waals surface area contributed by atoms with Crippen LogP contribution in [-0.2, 0) is 21.2 Å². The molecule has 1 N–H and O–H groups in total. The molecule has 0 saturated heterocycles.